The van der Waals surface area contributed by atoms with Crippen LogP contribution < -0.4 is 0 Å². The minimum Gasteiger partial charge on any atom is -0.213 e. The highest BCUT2D eigenvalue weighted by Crippen LogP contribution is 2.34. The molecule has 2 aromatic rings. The molecule has 14 heavy (non-hydrogen) atoms. The van der Waals surface area contributed by atoms with E-state index in [1.54, 1.807) is 0 Å². The van der Waals surface area contributed by atoms with Crippen LogP contribution in [0.1, 0.15) is 5.69 Å². The van der Waals surface area contributed by atoms with Gasteiger partial charge in [0.25, 0.3) is 0 Å². The molecule has 2 rings (SSSR count). The maximum absolute atomic E-state index is 12.4. The van der Waals surface area contributed by atoms with Crippen LogP contribution in [0.4, 0.5) is 13.2 Å². The maximum Gasteiger partial charge on any atom is 0.434 e. The highest BCUT2D eigenvalue weighted by atomic mass is 35.5. The lowest BCUT2D eigenvalue weighted by Gasteiger charge is -2.06. The fourth-order valence-electron chi connectivity index (χ4n) is 1.05. The molecule has 0 fully saturated rings. The molecule has 0 bridgehead atoms. The van der Waals surface area contributed by atoms with Gasteiger partial charge in [0.2, 0.25) is 5.28 Å². The van der Waals surface area contributed by atoms with Gasteiger partial charge in [0, 0.05) is 5.39 Å². The number of nitrogens with zero attached hydrogens (tertiary/aromatic N) is 2. The topological polar surface area (TPSA) is 25.8 Å². The molecule has 0 amide bonds. The average Bonchev–Trinajstić information content (AvgIpc) is 2.47. The number of fused-ring (bicyclic) bond motifs is 1. The molecule has 0 aliphatic rings. The van der Waals surface area contributed by atoms with E-state index in [4.69, 9.17) is 11.6 Å². The lowest BCUT2D eigenvalue weighted by Crippen LogP contribution is -2.09. The van der Waals surface area contributed by atoms with Crippen molar-refractivity contribution in [2.75, 3.05) is 0 Å². The zero-order valence-electron chi connectivity index (χ0n) is 6.47. The molecule has 7 heteroatoms. The molecule has 0 spiro atoms. The fraction of sp³-hybridized carbons (Fsp3) is 0.143. The summed E-state index contributed by atoms with van der Waals surface area (Å²) in [5, 5.41) is 1.13. The van der Waals surface area contributed by atoms with Crippen LogP contribution in [0.15, 0.2) is 11.4 Å². The van der Waals surface area contributed by atoms with Crippen molar-refractivity contribution >= 4 is 33.2 Å². The lowest BCUT2D eigenvalue weighted by molar-refractivity contribution is -0.139. The van der Waals surface area contributed by atoms with E-state index in [0.717, 1.165) is 11.3 Å². The Balaban J connectivity index is 2.80. The van der Waals surface area contributed by atoms with Gasteiger partial charge in [-0.15, -0.1) is 11.3 Å². The van der Waals surface area contributed by atoms with Crippen molar-refractivity contribution in [1.29, 1.82) is 0 Å². The first-order valence-corrected chi connectivity index (χ1v) is 4.72. The SMILES string of the molecule is FC(F)(F)c1nc(Cl)nc2sccc12. The van der Waals surface area contributed by atoms with E-state index < -0.39 is 11.9 Å². The quantitative estimate of drug-likeness (QED) is 0.658. The molecule has 0 atom stereocenters. The number of rotatable bonds is 0. The van der Waals surface area contributed by atoms with Gasteiger partial charge in [-0.05, 0) is 23.0 Å². The second-order valence-corrected chi connectivity index (χ2v) is 3.71. The normalized spacial score (nSPS) is 12.3. The van der Waals surface area contributed by atoms with Crippen LogP contribution >= 0.6 is 22.9 Å². The van der Waals surface area contributed by atoms with Gasteiger partial charge in [-0.3, -0.25) is 0 Å². The summed E-state index contributed by atoms with van der Waals surface area (Å²) in [7, 11) is 0. The first kappa shape index (κ1) is 9.67. The summed E-state index contributed by atoms with van der Waals surface area (Å²) in [6, 6.07) is 1.33. The predicted molar refractivity (Wildman–Crippen MR) is 47.4 cm³/mol. The van der Waals surface area contributed by atoms with Crippen LogP contribution in [0, 0.1) is 0 Å². The lowest BCUT2D eigenvalue weighted by atomic mass is 10.3. The van der Waals surface area contributed by atoms with Crippen molar-refractivity contribution in [2.45, 2.75) is 6.18 Å². The van der Waals surface area contributed by atoms with Crippen molar-refractivity contribution in [3.63, 3.8) is 0 Å². The van der Waals surface area contributed by atoms with E-state index >= 15 is 0 Å². The molecule has 0 unspecified atom stereocenters. The molecule has 0 aromatic carbocycles. The molecule has 0 aliphatic heterocycles. The van der Waals surface area contributed by atoms with Gasteiger partial charge in [-0.25, -0.2) is 9.97 Å². The highest BCUT2D eigenvalue weighted by molar-refractivity contribution is 7.16. The smallest absolute Gasteiger partial charge is 0.213 e. The maximum atomic E-state index is 12.4. The molecule has 2 nitrogen and oxygen atoms in total. The number of hydrogen-bond acceptors (Lipinski definition) is 3. The van der Waals surface area contributed by atoms with Crippen LogP contribution in [-0.4, -0.2) is 9.97 Å². The summed E-state index contributed by atoms with van der Waals surface area (Å²) in [6.45, 7) is 0. The highest BCUT2D eigenvalue weighted by Gasteiger charge is 2.35. The molecular weight excluding hydrogens is 237 g/mol. The van der Waals surface area contributed by atoms with Gasteiger partial charge in [0.05, 0.1) is 0 Å². The summed E-state index contributed by atoms with van der Waals surface area (Å²) < 4.78 is 37.3. The molecule has 2 heterocycles. The van der Waals surface area contributed by atoms with Crippen molar-refractivity contribution in [3.05, 3.63) is 22.4 Å². The van der Waals surface area contributed by atoms with Crippen molar-refractivity contribution in [2.24, 2.45) is 0 Å². The monoisotopic (exact) mass is 238 g/mol. The fourth-order valence-corrected chi connectivity index (χ4v) is 2.03. The predicted octanol–water partition coefficient (Wildman–Crippen LogP) is 3.36. The molecule has 0 radical (unpaired) electrons. The van der Waals surface area contributed by atoms with Gasteiger partial charge in [0.15, 0.2) is 5.69 Å². The van der Waals surface area contributed by atoms with E-state index in [-0.39, 0.29) is 15.5 Å². The van der Waals surface area contributed by atoms with E-state index in [0.29, 0.717) is 0 Å². The Morgan fingerprint density at radius 2 is 2.00 bits per heavy atom. The Morgan fingerprint density at radius 1 is 1.29 bits per heavy atom. The van der Waals surface area contributed by atoms with Gasteiger partial charge in [-0.2, -0.15) is 13.2 Å². The Labute approximate surface area is 85.4 Å². The van der Waals surface area contributed by atoms with Crippen molar-refractivity contribution < 1.29 is 13.2 Å². The van der Waals surface area contributed by atoms with Crippen LogP contribution in [0.5, 0.6) is 0 Å². The number of thiophene rings is 1. The standard InChI is InChI=1S/C7H2ClF3N2S/c8-6-12-4(7(9,10)11)3-1-2-14-5(3)13-6/h1-2H. The Bertz CT molecular complexity index is 479. The summed E-state index contributed by atoms with van der Waals surface area (Å²) in [4.78, 5) is 7.11. The van der Waals surface area contributed by atoms with Gasteiger partial charge < -0.3 is 0 Å². The van der Waals surface area contributed by atoms with E-state index in [1.807, 2.05) is 0 Å². The summed E-state index contributed by atoms with van der Waals surface area (Å²) in [5.41, 5.74) is -0.978. The molecule has 2 aromatic heterocycles. The first-order chi connectivity index (χ1) is 6.48. The Kier molecular flexibility index (Phi) is 2.11. The molecule has 0 N–H and O–H groups in total. The Morgan fingerprint density at radius 3 is 2.64 bits per heavy atom. The van der Waals surface area contributed by atoms with E-state index in [1.165, 1.54) is 11.4 Å². The number of aromatic nitrogens is 2. The molecule has 0 saturated carbocycles. The number of alkyl halides is 3. The number of hydrogen-bond donors (Lipinski definition) is 0. The summed E-state index contributed by atoms with van der Waals surface area (Å²) >= 11 is 6.47. The third-order valence-corrected chi connectivity index (χ3v) is 2.54. The van der Waals surface area contributed by atoms with Gasteiger partial charge >= 0.3 is 6.18 Å². The van der Waals surface area contributed by atoms with Crippen molar-refractivity contribution in [3.8, 4) is 0 Å². The molecule has 0 aliphatic carbocycles. The molecule has 74 valence electrons. The molecule has 0 saturated heterocycles. The largest absolute Gasteiger partial charge is 0.434 e. The molecular formula is C7H2ClF3N2S. The van der Waals surface area contributed by atoms with Gasteiger partial charge in [0.1, 0.15) is 4.83 Å². The minimum atomic E-state index is -4.49. The van der Waals surface area contributed by atoms with E-state index in [2.05, 4.69) is 9.97 Å². The zero-order chi connectivity index (χ0) is 10.3. The minimum absolute atomic E-state index is 0.00750. The summed E-state index contributed by atoms with van der Waals surface area (Å²) in [6.07, 6.45) is -4.49. The average molecular weight is 239 g/mol. The van der Waals surface area contributed by atoms with E-state index in [9.17, 15) is 13.2 Å². The van der Waals surface area contributed by atoms with Gasteiger partial charge in [-0.1, -0.05) is 0 Å². The van der Waals surface area contributed by atoms with Crippen LogP contribution in [0.25, 0.3) is 10.2 Å². The van der Waals surface area contributed by atoms with Crippen LogP contribution in [-0.2, 0) is 6.18 Å². The van der Waals surface area contributed by atoms with Crippen LogP contribution in [0.2, 0.25) is 5.28 Å². The third kappa shape index (κ3) is 1.55. The third-order valence-electron chi connectivity index (χ3n) is 1.57. The second-order valence-electron chi connectivity index (χ2n) is 2.48. The number of halogens is 4. The van der Waals surface area contributed by atoms with Crippen molar-refractivity contribution in [1.82, 2.24) is 9.97 Å². The Hall–Kier alpha value is -0.880. The first-order valence-electron chi connectivity index (χ1n) is 3.46. The van der Waals surface area contributed by atoms with Crippen LogP contribution in [0.3, 0.4) is 0 Å². The summed E-state index contributed by atoms with van der Waals surface area (Å²) in [5.74, 6) is 0. The zero-order valence-corrected chi connectivity index (χ0v) is 8.04. The second kappa shape index (κ2) is 3.06.